The standard InChI is InChI=1S/C29H33ClN2O3/c1-2-26(29(34)31-23-14-4-3-5-15-23)32(19-22-12-7-9-17-25(22)30)28(33)20-35-27-18-10-13-21-11-6-8-16-24(21)27/h6-13,16-18,23,26H,2-5,14-15,19-20H2,1H3,(H,31,34)/t26-/m0/s1. The number of benzene rings is 3. The van der Waals surface area contributed by atoms with Crippen molar-refractivity contribution in [2.75, 3.05) is 6.61 Å². The molecule has 1 aliphatic carbocycles. The van der Waals surface area contributed by atoms with E-state index < -0.39 is 6.04 Å². The molecule has 1 saturated carbocycles. The summed E-state index contributed by atoms with van der Waals surface area (Å²) < 4.78 is 6.00. The Morgan fingerprint density at radius 1 is 1.00 bits per heavy atom. The highest BCUT2D eigenvalue weighted by Crippen LogP contribution is 2.26. The van der Waals surface area contributed by atoms with Gasteiger partial charge >= 0.3 is 0 Å². The fourth-order valence-electron chi connectivity index (χ4n) is 4.82. The van der Waals surface area contributed by atoms with Crippen LogP contribution in [0.4, 0.5) is 0 Å². The molecule has 0 spiro atoms. The Morgan fingerprint density at radius 2 is 1.71 bits per heavy atom. The van der Waals surface area contributed by atoms with Gasteiger partial charge in [0.15, 0.2) is 6.61 Å². The Bertz CT molecular complexity index is 1150. The van der Waals surface area contributed by atoms with Crippen molar-refractivity contribution in [2.24, 2.45) is 0 Å². The summed E-state index contributed by atoms with van der Waals surface area (Å²) >= 11 is 6.42. The average molecular weight is 493 g/mol. The van der Waals surface area contributed by atoms with Crippen molar-refractivity contribution in [3.63, 3.8) is 0 Å². The topological polar surface area (TPSA) is 58.6 Å². The molecule has 3 aromatic rings. The van der Waals surface area contributed by atoms with E-state index in [1.807, 2.05) is 67.6 Å². The Balaban J connectivity index is 1.54. The minimum Gasteiger partial charge on any atom is -0.483 e. The van der Waals surface area contributed by atoms with Crippen LogP contribution in [0.5, 0.6) is 5.75 Å². The van der Waals surface area contributed by atoms with Gasteiger partial charge in [0.05, 0.1) is 0 Å². The smallest absolute Gasteiger partial charge is 0.261 e. The third-order valence-corrected chi connectivity index (χ3v) is 7.11. The quantitative estimate of drug-likeness (QED) is 0.391. The number of fused-ring (bicyclic) bond motifs is 1. The van der Waals surface area contributed by atoms with Gasteiger partial charge in [-0.3, -0.25) is 9.59 Å². The number of amides is 2. The Hall–Kier alpha value is -3.05. The van der Waals surface area contributed by atoms with Gasteiger partial charge in [-0.2, -0.15) is 0 Å². The first kappa shape index (κ1) is 25.1. The van der Waals surface area contributed by atoms with E-state index in [0.29, 0.717) is 17.2 Å². The van der Waals surface area contributed by atoms with Crippen molar-refractivity contribution in [1.82, 2.24) is 10.2 Å². The van der Waals surface area contributed by atoms with E-state index in [-0.39, 0.29) is 31.0 Å². The molecule has 6 heteroatoms. The molecule has 1 atom stereocenters. The van der Waals surface area contributed by atoms with E-state index in [4.69, 9.17) is 16.3 Å². The fraction of sp³-hybridized carbons (Fsp3) is 0.379. The summed E-state index contributed by atoms with van der Waals surface area (Å²) in [6, 6.07) is 20.7. The molecular weight excluding hydrogens is 460 g/mol. The highest BCUT2D eigenvalue weighted by molar-refractivity contribution is 6.31. The van der Waals surface area contributed by atoms with Crippen molar-refractivity contribution in [3.8, 4) is 5.75 Å². The molecule has 0 saturated heterocycles. The lowest BCUT2D eigenvalue weighted by Gasteiger charge is -2.33. The highest BCUT2D eigenvalue weighted by Gasteiger charge is 2.31. The summed E-state index contributed by atoms with van der Waals surface area (Å²) in [6.07, 6.45) is 5.95. The molecule has 0 bridgehead atoms. The first-order valence-corrected chi connectivity index (χ1v) is 12.9. The second-order valence-corrected chi connectivity index (χ2v) is 9.55. The minimum atomic E-state index is -0.600. The van der Waals surface area contributed by atoms with Gasteiger partial charge in [-0.25, -0.2) is 0 Å². The van der Waals surface area contributed by atoms with Crippen LogP contribution in [0, 0.1) is 0 Å². The van der Waals surface area contributed by atoms with Gasteiger partial charge in [0.25, 0.3) is 5.91 Å². The van der Waals surface area contributed by atoms with Crippen LogP contribution in [-0.2, 0) is 16.1 Å². The van der Waals surface area contributed by atoms with Gasteiger partial charge in [-0.05, 0) is 42.3 Å². The zero-order chi connectivity index (χ0) is 24.6. The molecule has 1 N–H and O–H groups in total. The Labute approximate surface area is 212 Å². The van der Waals surface area contributed by atoms with Gasteiger partial charge in [0.2, 0.25) is 5.91 Å². The molecule has 0 heterocycles. The number of hydrogen-bond acceptors (Lipinski definition) is 3. The molecule has 3 aromatic carbocycles. The second kappa shape index (κ2) is 12.1. The lowest BCUT2D eigenvalue weighted by molar-refractivity contribution is -0.143. The van der Waals surface area contributed by atoms with Crippen molar-refractivity contribution < 1.29 is 14.3 Å². The number of halogens is 1. The van der Waals surface area contributed by atoms with E-state index in [0.717, 1.165) is 42.0 Å². The molecular formula is C29H33ClN2O3. The first-order chi connectivity index (χ1) is 17.1. The van der Waals surface area contributed by atoms with Crippen molar-refractivity contribution in [1.29, 1.82) is 0 Å². The number of carbonyl (C=O) groups excluding carboxylic acids is 2. The monoisotopic (exact) mass is 492 g/mol. The van der Waals surface area contributed by atoms with Crippen molar-refractivity contribution >= 4 is 34.2 Å². The van der Waals surface area contributed by atoms with Gasteiger partial charge in [-0.15, -0.1) is 0 Å². The highest BCUT2D eigenvalue weighted by atomic mass is 35.5. The number of rotatable bonds is 9. The zero-order valence-electron chi connectivity index (χ0n) is 20.2. The summed E-state index contributed by atoms with van der Waals surface area (Å²) in [5.41, 5.74) is 0.802. The Morgan fingerprint density at radius 3 is 2.49 bits per heavy atom. The molecule has 0 aromatic heterocycles. The maximum atomic E-state index is 13.5. The number of hydrogen-bond donors (Lipinski definition) is 1. The third kappa shape index (κ3) is 6.34. The summed E-state index contributed by atoms with van der Waals surface area (Å²) in [5, 5.41) is 5.76. The number of carbonyl (C=O) groups is 2. The maximum absolute atomic E-state index is 13.5. The third-order valence-electron chi connectivity index (χ3n) is 6.74. The molecule has 184 valence electrons. The molecule has 2 amide bonds. The lowest BCUT2D eigenvalue weighted by Crippen LogP contribution is -2.52. The molecule has 1 fully saturated rings. The van der Waals surface area contributed by atoms with Crippen molar-refractivity contribution in [2.45, 2.75) is 64.1 Å². The second-order valence-electron chi connectivity index (χ2n) is 9.15. The van der Waals surface area contributed by atoms with Crippen LogP contribution in [0.25, 0.3) is 10.8 Å². The fourth-order valence-corrected chi connectivity index (χ4v) is 5.01. The first-order valence-electron chi connectivity index (χ1n) is 12.5. The molecule has 0 aliphatic heterocycles. The summed E-state index contributed by atoms with van der Waals surface area (Å²) in [6.45, 7) is 2.02. The number of nitrogens with zero attached hydrogens (tertiary/aromatic N) is 1. The predicted molar refractivity (Wildman–Crippen MR) is 141 cm³/mol. The van der Waals surface area contributed by atoms with Gasteiger partial charge in [-0.1, -0.05) is 92.4 Å². The lowest BCUT2D eigenvalue weighted by atomic mass is 9.95. The minimum absolute atomic E-state index is 0.107. The predicted octanol–water partition coefficient (Wildman–Crippen LogP) is 6.13. The molecule has 0 radical (unpaired) electrons. The van der Waals surface area contributed by atoms with Crippen LogP contribution in [0.3, 0.4) is 0 Å². The van der Waals surface area contributed by atoms with Gasteiger partial charge < -0.3 is 15.0 Å². The van der Waals surface area contributed by atoms with E-state index in [9.17, 15) is 9.59 Å². The molecule has 5 nitrogen and oxygen atoms in total. The van der Waals surface area contributed by atoms with E-state index in [1.165, 1.54) is 6.42 Å². The zero-order valence-corrected chi connectivity index (χ0v) is 21.0. The molecule has 1 aliphatic rings. The van der Waals surface area contributed by atoms with Crippen LogP contribution >= 0.6 is 11.6 Å². The summed E-state index contributed by atoms with van der Waals surface area (Å²) in [4.78, 5) is 28.5. The SMILES string of the molecule is CC[C@@H](C(=O)NC1CCCCC1)N(Cc1ccccc1Cl)C(=O)COc1cccc2ccccc12. The van der Waals surface area contributed by atoms with E-state index in [2.05, 4.69) is 5.32 Å². The molecule has 0 unspecified atom stereocenters. The van der Waals surface area contributed by atoms with Crippen LogP contribution in [0.15, 0.2) is 66.7 Å². The summed E-state index contributed by atoms with van der Waals surface area (Å²) in [5.74, 6) is 0.294. The average Bonchev–Trinajstić information content (AvgIpc) is 2.88. The van der Waals surface area contributed by atoms with Crippen LogP contribution in [0.2, 0.25) is 5.02 Å². The van der Waals surface area contributed by atoms with Gasteiger partial charge in [0, 0.05) is 23.0 Å². The largest absolute Gasteiger partial charge is 0.483 e. The van der Waals surface area contributed by atoms with Crippen LogP contribution in [-0.4, -0.2) is 35.4 Å². The number of nitrogens with one attached hydrogen (secondary N) is 1. The van der Waals surface area contributed by atoms with Crippen molar-refractivity contribution in [3.05, 3.63) is 77.3 Å². The summed E-state index contributed by atoms with van der Waals surface area (Å²) in [7, 11) is 0. The number of ether oxygens (including phenoxy) is 1. The maximum Gasteiger partial charge on any atom is 0.261 e. The van der Waals surface area contributed by atoms with E-state index in [1.54, 1.807) is 11.0 Å². The van der Waals surface area contributed by atoms with E-state index >= 15 is 0 Å². The van der Waals surface area contributed by atoms with Gasteiger partial charge in [0.1, 0.15) is 11.8 Å². The molecule has 4 rings (SSSR count). The molecule has 35 heavy (non-hydrogen) atoms. The Kier molecular flexibility index (Phi) is 8.64. The van der Waals surface area contributed by atoms with Crippen LogP contribution < -0.4 is 10.1 Å². The normalized spacial score (nSPS) is 14.9. The van der Waals surface area contributed by atoms with Crippen LogP contribution in [0.1, 0.15) is 51.0 Å².